The van der Waals surface area contributed by atoms with E-state index in [2.05, 4.69) is 16.8 Å². The number of carbonyl (C=O) groups excluding carboxylic acids is 1. The lowest BCUT2D eigenvalue weighted by atomic mass is 9.88. The summed E-state index contributed by atoms with van der Waals surface area (Å²) in [6.45, 7) is 7.02. The van der Waals surface area contributed by atoms with Gasteiger partial charge < -0.3 is 9.80 Å². The van der Waals surface area contributed by atoms with Crippen molar-refractivity contribution in [1.82, 2.24) is 19.9 Å². The van der Waals surface area contributed by atoms with Crippen molar-refractivity contribution in [2.75, 3.05) is 24.5 Å². The van der Waals surface area contributed by atoms with Gasteiger partial charge in [-0.05, 0) is 58.3 Å². The van der Waals surface area contributed by atoms with Crippen LogP contribution in [0.5, 0.6) is 0 Å². The fourth-order valence-electron chi connectivity index (χ4n) is 5.63. The molecule has 1 saturated carbocycles. The number of fused-ring (bicyclic) bond motifs is 1. The summed E-state index contributed by atoms with van der Waals surface area (Å²) >= 11 is 1.44. The summed E-state index contributed by atoms with van der Waals surface area (Å²) in [7, 11) is 0. The maximum absolute atomic E-state index is 13.2. The van der Waals surface area contributed by atoms with Crippen molar-refractivity contribution in [1.29, 1.82) is 0 Å². The molecule has 0 spiro atoms. The summed E-state index contributed by atoms with van der Waals surface area (Å²) < 4.78 is 0. The number of thiazole rings is 1. The van der Waals surface area contributed by atoms with Gasteiger partial charge >= 0.3 is 0 Å². The van der Waals surface area contributed by atoms with Crippen LogP contribution in [-0.2, 0) is 6.42 Å². The highest BCUT2D eigenvalue weighted by Gasteiger charge is 2.35. The molecule has 0 unspecified atom stereocenters. The molecule has 1 aliphatic carbocycles. The fraction of sp³-hybridized carbons (Fsp3) is 0.667. The molecular weight excluding hydrogens is 406 g/mol. The summed E-state index contributed by atoms with van der Waals surface area (Å²) in [5.41, 5.74) is 5.00. The van der Waals surface area contributed by atoms with Crippen LogP contribution in [0.3, 0.4) is 0 Å². The molecule has 7 heteroatoms. The number of amides is 1. The van der Waals surface area contributed by atoms with Gasteiger partial charge in [0.25, 0.3) is 5.91 Å². The summed E-state index contributed by atoms with van der Waals surface area (Å²) in [4.78, 5) is 32.9. The summed E-state index contributed by atoms with van der Waals surface area (Å²) in [6, 6.07) is -0.0311. The predicted octanol–water partition coefficient (Wildman–Crippen LogP) is 4.86. The van der Waals surface area contributed by atoms with Crippen molar-refractivity contribution in [3.05, 3.63) is 33.2 Å². The molecule has 3 aliphatic rings. The van der Waals surface area contributed by atoms with Gasteiger partial charge in [-0.15, -0.1) is 11.3 Å². The smallest absolute Gasteiger partial charge is 0.266 e. The van der Waals surface area contributed by atoms with Gasteiger partial charge in [-0.25, -0.2) is 15.0 Å². The van der Waals surface area contributed by atoms with Crippen LogP contribution >= 0.6 is 11.3 Å². The molecule has 6 nitrogen and oxygen atoms in total. The average Bonchev–Trinajstić information content (AvgIpc) is 3.44. The zero-order chi connectivity index (χ0) is 21.4. The topological polar surface area (TPSA) is 62.2 Å². The molecule has 2 aliphatic heterocycles. The zero-order valence-corrected chi connectivity index (χ0v) is 19.6. The summed E-state index contributed by atoms with van der Waals surface area (Å²) in [5.74, 6) is 2.85. The van der Waals surface area contributed by atoms with Crippen LogP contribution in [0, 0.1) is 19.8 Å². The molecule has 1 saturated heterocycles. The molecular formula is C24H33N5OS. The van der Waals surface area contributed by atoms with Gasteiger partial charge in [0.1, 0.15) is 10.7 Å². The number of aromatic nitrogens is 3. The minimum atomic E-state index is -0.0311. The Morgan fingerprint density at radius 1 is 1.03 bits per heavy atom. The summed E-state index contributed by atoms with van der Waals surface area (Å²) in [6.07, 6.45) is 11.0. The molecule has 166 valence electrons. The molecule has 4 heterocycles. The first-order chi connectivity index (χ1) is 15.1. The molecule has 5 rings (SSSR count). The van der Waals surface area contributed by atoms with Gasteiger partial charge in [0, 0.05) is 30.9 Å². The molecule has 0 N–H and O–H groups in total. The number of hydrogen-bond acceptors (Lipinski definition) is 6. The molecule has 0 bridgehead atoms. The van der Waals surface area contributed by atoms with Crippen LogP contribution in [-0.4, -0.2) is 45.4 Å². The Morgan fingerprint density at radius 3 is 2.65 bits per heavy atom. The second-order valence-electron chi connectivity index (χ2n) is 9.45. The minimum absolute atomic E-state index is 0.0311. The van der Waals surface area contributed by atoms with Crippen LogP contribution in [0.1, 0.15) is 89.9 Å². The van der Waals surface area contributed by atoms with Crippen LogP contribution in [0.25, 0.3) is 0 Å². The van der Waals surface area contributed by atoms with Crippen molar-refractivity contribution in [2.24, 2.45) is 5.92 Å². The van der Waals surface area contributed by atoms with Gasteiger partial charge in [-0.2, -0.15) is 0 Å². The van der Waals surface area contributed by atoms with Crippen LogP contribution in [0.15, 0.2) is 5.51 Å². The Balaban J connectivity index is 1.43. The van der Waals surface area contributed by atoms with Crippen LogP contribution in [0.2, 0.25) is 0 Å². The first kappa shape index (κ1) is 20.9. The second kappa shape index (κ2) is 8.85. The second-order valence-corrected chi connectivity index (χ2v) is 10.3. The number of anilines is 1. The van der Waals surface area contributed by atoms with Crippen LogP contribution in [0.4, 0.5) is 5.82 Å². The van der Waals surface area contributed by atoms with E-state index < -0.39 is 0 Å². The molecule has 1 atom stereocenters. The van der Waals surface area contributed by atoms with Crippen molar-refractivity contribution >= 4 is 23.1 Å². The Morgan fingerprint density at radius 2 is 1.87 bits per heavy atom. The standard InChI is InChI=1S/C24H33N5OS/c1-16-19-10-6-12-28(14-18-8-4-3-5-9-18)23(19)27-22(26-16)20-11-7-13-29(20)24(30)21-17(2)25-15-31-21/h15,18,20H,3-14H2,1-2H3/t20-/m0/s1. The molecule has 31 heavy (non-hydrogen) atoms. The van der Waals surface area contributed by atoms with Gasteiger partial charge in [0.15, 0.2) is 5.82 Å². The lowest BCUT2D eigenvalue weighted by molar-refractivity contribution is 0.0733. The van der Waals surface area contributed by atoms with E-state index in [0.717, 1.165) is 72.7 Å². The van der Waals surface area contributed by atoms with Crippen molar-refractivity contribution in [2.45, 2.75) is 77.7 Å². The van der Waals surface area contributed by atoms with Gasteiger partial charge in [-0.1, -0.05) is 19.3 Å². The maximum Gasteiger partial charge on any atom is 0.266 e. The van der Waals surface area contributed by atoms with Crippen molar-refractivity contribution in [3.8, 4) is 0 Å². The molecule has 1 amide bonds. The molecule has 0 aromatic carbocycles. The fourth-order valence-corrected chi connectivity index (χ4v) is 6.39. The Hall–Kier alpha value is -2.02. The van der Waals surface area contributed by atoms with Gasteiger partial charge in [0.05, 0.1) is 17.2 Å². The first-order valence-corrected chi connectivity index (χ1v) is 12.8. The first-order valence-electron chi connectivity index (χ1n) is 11.9. The van der Waals surface area contributed by atoms with E-state index in [4.69, 9.17) is 9.97 Å². The largest absolute Gasteiger partial charge is 0.356 e. The zero-order valence-electron chi connectivity index (χ0n) is 18.8. The number of nitrogens with zero attached hydrogens (tertiary/aromatic N) is 5. The van der Waals surface area contributed by atoms with Gasteiger partial charge in [-0.3, -0.25) is 4.79 Å². The van der Waals surface area contributed by atoms with E-state index >= 15 is 0 Å². The molecule has 2 aromatic heterocycles. The van der Waals surface area contributed by atoms with E-state index in [9.17, 15) is 4.79 Å². The highest BCUT2D eigenvalue weighted by molar-refractivity contribution is 7.11. The number of aryl methyl sites for hydroxylation is 2. The summed E-state index contributed by atoms with van der Waals surface area (Å²) in [5, 5.41) is 0. The average molecular weight is 440 g/mol. The monoisotopic (exact) mass is 439 g/mol. The van der Waals surface area contributed by atoms with Crippen molar-refractivity contribution in [3.63, 3.8) is 0 Å². The number of hydrogen-bond donors (Lipinski definition) is 0. The van der Waals surface area contributed by atoms with E-state index in [1.165, 1.54) is 55.4 Å². The van der Waals surface area contributed by atoms with E-state index in [0.29, 0.717) is 0 Å². The molecule has 0 radical (unpaired) electrons. The number of rotatable bonds is 4. The lowest BCUT2D eigenvalue weighted by Crippen LogP contribution is -2.37. The number of carbonyl (C=O) groups is 1. The lowest BCUT2D eigenvalue weighted by Gasteiger charge is -2.35. The van der Waals surface area contributed by atoms with Crippen LogP contribution < -0.4 is 4.90 Å². The quantitative estimate of drug-likeness (QED) is 0.681. The number of likely N-dealkylation sites (tertiary alicyclic amines) is 1. The Bertz CT molecular complexity index is 951. The highest BCUT2D eigenvalue weighted by atomic mass is 32.1. The third kappa shape index (κ3) is 4.09. The normalized spacial score (nSPS) is 22.1. The maximum atomic E-state index is 13.2. The molecule has 2 fully saturated rings. The van der Waals surface area contributed by atoms with Gasteiger partial charge in [0.2, 0.25) is 0 Å². The molecule has 2 aromatic rings. The minimum Gasteiger partial charge on any atom is -0.356 e. The van der Waals surface area contributed by atoms with E-state index in [1.807, 2.05) is 11.8 Å². The highest BCUT2D eigenvalue weighted by Crippen LogP contribution is 2.36. The van der Waals surface area contributed by atoms with E-state index in [1.54, 1.807) is 5.51 Å². The van der Waals surface area contributed by atoms with E-state index in [-0.39, 0.29) is 11.9 Å². The third-order valence-electron chi connectivity index (χ3n) is 7.32. The predicted molar refractivity (Wildman–Crippen MR) is 124 cm³/mol. The Labute approximate surface area is 189 Å². The SMILES string of the molecule is Cc1ncsc1C(=O)N1CCC[C@H]1c1nc(C)c2c(n1)N(CC1CCCCC1)CCC2. The Kier molecular flexibility index (Phi) is 5.95. The van der Waals surface area contributed by atoms with Crippen molar-refractivity contribution < 1.29 is 4.79 Å². The third-order valence-corrected chi connectivity index (χ3v) is 8.24.